The van der Waals surface area contributed by atoms with Crippen LogP contribution in [0.5, 0.6) is 0 Å². The maximum absolute atomic E-state index is 12.5. The number of nitrogens with one attached hydrogen (secondary N) is 1. The smallest absolute Gasteiger partial charge is 0.374 e. The van der Waals surface area contributed by atoms with Crippen molar-refractivity contribution in [3.63, 3.8) is 0 Å². The quantitative estimate of drug-likeness (QED) is 0.642. The van der Waals surface area contributed by atoms with Gasteiger partial charge in [0, 0.05) is 6.61 Å². The zero-order valence-electron chi connectivity index (χ0n) is 11.2. The summed E-state index contributed by atoms with van der Waals surface area (Å²) in [5.41, 5.74) is 1.94. The number of halogens is 3. The molecule has 1 rings (SSSR count). The van der Waals surface area contributed by atoms with E-state index in [2.05, 4.69) is 5.43 Å². The molecule has 0 spiro atoms. The lowest BCUT2D eigenvalue weighted by Crippen LogP contribution is -2.44. The molecular weight excluding hydrogens is 257 g/mol. The number of alkyl halides is 3. The van der Waals surface area contributed by atoms with Gasteiger partial charge in [-0.3, -0.25) is 11.3 Å². The Morgan fingerprint density at radius 2 is 1.74 bits per heavy atom. The second-order valence-corrected chi connectivity index (χ2v) is 4.76. The molecule has 1 aromatic carbocycles. The summed E-state index contributed by atoms with van der Waals surface area (Å²) >= 11 is 0. The molecule has 0 aliphatic carbocycles. The number of hydrogen-bond acceptors (Lipinski definition) is 3. The first-order valence-corrected chi connectivity index (χ1v) is 5.99. The highest BCUT2D eigenvalue weighted by atomic mass is 19.4. The van der Waals surface area contributed by atoms with E-state index in [9.17, 15) is 13.2 Å². The summed E-state index contributed by atoms with van der Waals surface area (Å²) in [6, 6.07) is 4.51. The summed E-state index contributed by atoms with van der Waals surface area (Å²) in [5, 5.41) is 0. The Hall–Kier alpha value is -1.11. The number of benzene rings is 1. The van der Waals surface area contributed by atoms with E-state index in [0.717, 1.165) is 12.1 Å². The van der Waals surface area contributed by atoms with E-state index in [1.165, 1.54) is 12.1 Å². The van der Waals surface area contributed by atoms with Crippen molar-refractivity contribution in [1.82, 2.24) is 5.43 Å². The molecule has 19 heavy (non-hydrogen) atoms. The van der Waals surface area contributed by atoms with Crippen LogP contribution >= 0.6 is 0 Å². The molecule has 108 valence electrons. The van der Waals surface area contributed by atoms with E-state index in [4.69, 9.17) is 10.6 Å². The highest BCUT2D eigenvalue weighted by Gasteiger charge is 2.33. The third kappa shape index (κ3) is 3.92. The average Bonchev–Trinajstić information content (AvgIpc) is 2.28. The van der Waals surface area contributed by atoms with Crippen LogP contribution in [0.1, 0.15) is 37.9 Å². The minimum absolute atomic E-state index is 0.394. The van der Waals surface area contributed by atoms with Crippen LogP contribution in [0.4, 0.5) is 13.2 Å². The molecule has 0 amide bonds. The van der Waals surface area contributed by atoms with Crippen molar-refractivity contribution in [1.29, 1.82) is 0 Å². The maximum atomic E-state index is 12.5. The second kappa shape index (κ2) is 5.90. The summed E-state index contributed by atoms with van der Waals surface area (Å²) in [6.07, 6.45) is -4.33. The SMILES string of the molecule is CCOC(C)(C)C(NN)c1ccc(C(F)(F)F)cc1. The van der Waals surface area contributed by atoms with Crippen LogP contribution in [0.15, 0.2) is 24.3 Å². The summed E-state index contributed by atoms with van der Waals surface area (Å²) in [7, 11) is 0. The van der Waals surface area contributed by atoms with Gasteiger partial charge in [-0.15, -0.1) is 0 Å². The van der Waals surface area contributed by atoms with Crippen LogP contribution in [0.25, 0.3) is 0 Å². The van der Waals surface area contributed by atoms with Gasteiger partial charge >= 0.3 is 6.18 Å². The molecule has 1 unspecified atom stereocenters. The molecule has 0 aliphatic rings. The number of nitrogens with two attached hydrogens (primary N) is 1. The van der Waals surface area contributed by atoms with Crippen molar-refractivity contribution in [2.75, 3.05) is 6.61 Å². The fourth-order valence-electron chi connectivity index (χ4n) is 2.02. The first kappa shape index (κ1) is 15.9. The first-order chi connectivity index (χ1) is 8.72. The van der Waals surface area contributed by atoms with Crippen molar-refractivity contribution in [3.05, 3.63) is 35.4 Å². The van der Waals surface area contributed by atoms with Crippen LogP contribution in [0, 0.1) is 0 Å². The monoisotopic (exact) mass is 276 g/mol. The van der Waals surface area contributed by atoms with Gasteiger partial charge in [0.1, 0.15) is 0 Å². The predicted octanol–water partition coefficient (Wildman–Crippen LogP) is 3.02. The van der Waals surface area contributed by atoms with Crippen LogP contribution in [-0.2, 0) is 10.9 Å². The Labute approximate surface area is 110 Å². The molecule has 0 bridgehead atoms. The third-order valence-electron chi connectivity index (χ3n) is 2.95. The van der Waals surface area contributed by atoms with Gasteiger partial charge in [0.05, 0.1) is 17.2 Å². The Kier molecular flexibility index (Phi) is 4.95. The topological polar surface area (TPSA) is 47.3 Å². The second-order valence-electron chi connectivity index (χ2n) is 4.76. The number of hydrogen-bond donors (Lipinski definition) is 2. The normalized spacial score (nSPS) is 14.5. The molecule has 6 heteroatoms. The van der Waals surface area contributed by atoms with Crippen LogP contribution in [0.2, 0.25) is 0 Å². The Bertz CT molecular complexity index is 401. The Morgan fingerprint density at radius 1 is 1.21 bits per heavy atom. The molecular formula is C13H19F3N2O. The molecule has 0 aliphatic heterocycles. The van der Waals surface area contributed by atoms with Crippen molar-refractivity contribution in [3.8, 4) is 0 Å². The molecule has 3 N–H and O–H groups in total. The fourth-order valence-corrected chi connectivity index (χ4v) is 2.02. The van der Waals surface area contributed by atoms with E-state index in [0.29, 0.717) is 12.2 Å². The van der Waals surface area contributed by atoms with E-state index in [-0.39, 0.29) is 0 Å². The van der Waals surface area contributed by atoms with Crippen molar-refractivity contribution < 1.29 is 17.9 Å². The molecule has 3 nitrogen and oxygen atoms in total. The van der Waals surface area contributed by atoms with Gasteiger partial charge in [0.25, 0.3) is 0 Å². The van der Waals surface area contributed by atoms with E-state index in [1.54, 1.807) is 0 Å². The minimum Gasteiger partial charge on any atom is -0.374 e. The molecule has 0 radical (unpaired) electrons. The highest BCUT2D eigenvalue weighted by molar-refractivity contribution is 5.28. The Morgan fingerprint density at radius 3 is 2.11 bits per heavy atom. The average molecular weight is 276 g/mol. The van der Waals surface area contributed by atoms with Gasteiger partial charge in [0.15, 0.2) is 0 Å². The molecule has 0 saturated heterocycles. The summed E-state index contributed by atoms with van der Waals surface area (Å²) in [5.74, 6) is 5.49. The van der Waals surface area contributed by atoms with Crippen LogP contribution in [-0.4, -0.2) is 12.2 Å². The maximum Gasteiger partial charge on any atom is 0.416 e. The zero-order chi connectivity index (χ0) is 14.7. The van der Waals surface area contributed by atoms with Gasteiger partial charge in [-0.1, -0.05) is 12.1 Å². The standard InChI is InChI=1S/C13H19F3N2O/c1-4-19-12(2,3)11(18-17)9-5-7-10(8-6-9)13(14,15)16/h5-8,11,18H,4,17H2,1-3H3. The van der Waals surface area contributed by atoms with Crippen molar-refractivity contribution >= 4 is 0 Å². The van der Waals surface area contributed by atoms with Gasteiger partial charge in [-0.25, -0.2) is 0 Å². The highest BCUT2D eigenvalue weighted by Crippen LogP contribution is 2.32. The predicted molar refractivity (Wildman–Crippen MR) is 67.2 cm³/mol. The lowest BCUT2D eigenvalue weighted by molar-refractivity contribution is -0.137. The number of hydrazine groups is 1. The van der Waals surface area contributed by atoms with Gasteiger partial charge in [-0.05, 0) is 38.5 Å². The third-order valence-corrected chi connectivity index (χ3v) is 2.95. The number of ether oxygens (including phenoxy) is 1. The molecule has 0 aromatic heterocycles. The summed E-state index contributed by atoms with van der Waals surface area (Å²) < 4.78 is 43.0. The summed E-state index contributed by atoms with van der Waals surface area (Å²) in [6.45, 7) is 6.01. The molecule has 0 heterocycles. The van der Waals surface area contributed by atoms with E-state index in [1.807, 2.05) is 20.8 Å². The van der Waals surface area contributed by atoms with Crippen LogP contribution in [0.3, 0.4) is 0 Å². The largest absolute Gasteiger partial charge is 0.416 e. The molecule has 0 fully saturated rings. The van der Waals surface area contributed by atoms with Gasteiger partial charge < -0.3 is 4.74 Å². The molecule has 1 aromatic rings. The molecule has 0 saturated carbocycles. The van der Waals surface area contributed by atoms with Gasteiger partial charge in [-0.2, -0.15) is 13.2 Å². The number of rotatable bonds is 5. The lowest BCUT2D eigenvalue weighted by Gasteiger charge is -2.34. The van der Waals surface area contributed by atoms with Crippen molar-refractivity contribution in [2.45, 2.75) is 38.6 Å². The van der Waals surface area contributed by atoms with Crippen molar-refractivity contribution in [2.24, 2.45) is 5.84 Å². The van der Waals surface area contributed by atoms with Crippen LogP contribution < -0.4 is 11.3 Å². The first-order valence-electron chi connectivity index (χ1n) is 5.99. The minimum atomic E-state index is -4.33. The lowest BCUT2D eigenvalue weighted by atomic mass is 9.91. The van der Waals surface area contributed by atoms with Gasteiger partial charge in [0.2, 0.25) is 0 Å². The fraction of sp³-hybridized carbons (Fsp3) is 0.538. The Balaban J connectivity index is 3.01. The summed E-state index contributed by atoms with van der Waals surface area (Å²) in [4.78, 5) is 0. The van der Waals surface area contributed by atoms with E-state index < -0.39 is 23.4 Å². The molecule has 1 atom stereocenters. The van der Waals surface area contributed by atoms with E-state index >= 15 is 0 Å². The zero-order valence-corrected chi connectivity index (χ0v) is 11.2.